The summed E-state index contributed by atoms with van der Waals surface area (Å²) in [7, 11) is 3.27. The molecule has 3 rings (SSSR count). The van der Waals surface area contributed by atoms with Crippen LogP contribution in [0.4, 0.5) is 0 Å². The van der Waals surface area contributed by atoms with E-state index in [1.165, 1.54) is 0 Å². The Kier molecular flexibility index (Phi) is 3.13. The normalized spacial score (nSPS) is 15.1. The highest BCUT2D eigenvalue weighted by molar-refractivity contribution is 5.63. The van der Waals surface area contributed by atoms with Gasteiger partial charge in [-0.1, -0.05) is 0 Å². The van der Waals surface area contributed by atoms with Crippen LogP contribution in [0, 0.1) is 0 Å². The molecule has 1 fully saturated rings. The zero-order chi connectivity index (χ0) is 13.2. The average Bonchev–Trinajstić information content (AvgIpc) is 2.85. The van der Waals surface area contributed by atoms with Crippen molar-refractivity contribution in [1.29, 1.82) is 0 Å². The van der Waals surface area contributed by atoms with Crippen LogP contribution in [-0.2, 0) is 0 Å². The van der Waals surface area contributed by atoms with Gasteiger partial charge in [0, 0.05) is 24.6 Å². The van der Waals surface area contributed by atoms with E-state index in [9.17, 15) is 0 Å². The van der Waals surface area contributed by atoms with Crippen LogP contribution in [0.3, 0.4) is 0 Å². The number of rotatable bonds is 4. The van der Waals surface area contributed by atoms with Gasteiger partial charge >= 0.3 is 0 Å². The van der Waals surface area contributed by atoms with Crippen LogP contribution in [0.15, 0.2) is 24.4 Å². The van der Waals surface area contributed by atoms with Gasteiger partial charge in [-0.25, -0.2) is 4.98 Å². The number of benzene rings is 1. The molecule has 1 aromatic carbocycles. The number of ether oxygens (including phenoxy) is 2. The Hall–Kier alpha value is -2.01. The maximum atomic E-state index is 5.32. The van der Waals surface area contributed by atoms with E-state index in [0.717, 1.165) is 41.7 Å². The molecule has 0 radical (unpaired) electrons. The number of nitrogens with one attached hydrogen (secondary N) is 2. The second-order valence-corrected chi connectivity index (χ2v) is 4.61. The lowest BCUT2D eigenvalue weighted by Gasteiger charge is -2.24. The second-order valence-electron chi connectivity index (χ2n) is 4.61. The maximum absolute atomic E-state index is 5.32. The van der Waals surface area contributed by atoms with Crippen LogP contribution in [0.25, 0.3) is 11.3 Å². The van der Waals surface area contributed by atoms with Crippen LogP contribution < -0.4 is 14.8 Å². The molecule has 5 nitrogen and oxygen atoms in total. The Morgan fingerprint density at radius 2 is 1.95 bits per heavy atom. The number of aromatic amines is 1. The first-order chi connectivity index (χ1) is 9.31. The Balaban J connectivity index is 1.90. The first-order valence-electron chi connectivity index (χ1n) is 6.30. The van der Waals surface area contributed by atoms with Crippen LogP contribution in [0.5, 0.6) is 11.5 Å². The molecule has 19 heavy (non-hydrogen) atoms. The molecule has 0 amide bonds. The fourth-order valence-corrected chi connectivity index (χ4v) is 2.18. The SMILES string of the molecule is COc1ccc(-c2cnc(C3CNC3)[nH]2)cc1OC. The van der Waals surface area contributed by atoms with Gasteiger partial charge in [0.25, 0.3) is 0 Å². The second kappa shape index (κ2) is 4.93. The molecule has 2 N–H and O–H groups in total. The molecule has 0 saturated carbocycles. The predicted molar refractivity (Wildman–Crippen MR) is 72.7 cm³/mol. The summed E-state index contributed by atoms with van der Waals surface area (Å²) in [5.41, 5.74) is 2.05. The number of hydrogen-bond donors (Lipinski definition) is 2. The molecular weight excluding hydrogens is 242 g/mol. The minimum Gasteiger partial charge on any atom is -0.493 e. The highest BCUT2D eigenvalue weighted by Crippen LogP contribution is 2.32. The van der Waals surface area contributed by atoms with Crippen molar-refractivity contribution in [2.24, 2.45) is 0 Å². The van der Waals surface area contributed by atoms with E-state index >= 15 is 0 Å². The number of imidazole rings is 1. The Morgan fingerprint density at radius 3 is 2.58 bits per heavy atom. The van der Waals surface area contributed by atoms with Crippen molar-refractivity contribution in [3.63, 3.8) is 0 Å². The Labute approximate surface area is 112 Å². The molecule has 0 aliphatic carbocycles. The highest BCUT2D eigenvalue weighted by Gasteiger charge is 2.22. The summed E-state index contributed by atoms with van der Waals surface area (Å²) in [5.74, 6) is 3.01. The molecule has 1 aromatic heterocycles. The van der Waals surface area contributed by atoms with Crippen LogP contribution in [0.2, 0.25) is 0 Å². The summed E-state index contributed by atoms with van der Waals surface area (Å²) in [4.78, 5) is 7.82. The summed E-state index contributed by atoms with van der Waals surface area (Å²) in [5, 5.41) is 3.25. The van der Waals surface area contributed by atoms with Gasteiger partial charge in [-0.15, -0.1) is 0 Å². The summed E-state index contributed by atoms with van der Waals surface area (Å²) in [6.45, 7) is 2.00. The number of aromatic nitrogens is 2. The Morgan fingerprint density at radius 1 is 1.16 bits per heavy atom. The summed E-state index contributed by atoms with van der Waals surface area (Å²) < 4.78 is 10.6. The number of methoxy groups -OCH3 is 2. The highest BCUT2D eigenvalue weighted by atomic mass is 16.5. The standard InChI is InChI=1S/C14H17N3O2/c1-18-12-4-3-9(5-13(12)19-2)11-8-16-14(17-11)10-6-15-7-10/h3-5,8,10,15H,6-7H2,1-2H3,(H,16,17). The van der Waals surface area contributed by atoms with Crippen molar-refractivity contribution < 1.29 is 9.47 Å². The molecular formula is C14H17N3O2. The van der Waals surface area contributed by atoms with Gasteiger partial charge in [0.2, 0.25) is 0 Å². The first-order valence-corrected chi connectivity index (χ1v) is 6.30. The number of H-pyrrole nitrogens is 1. The third-order valence-electron chi connectivity index (χ3n) is 3.46. The van der Waals surface area contributed by atoms with Gasteiger partial charge in [-0.2, -0.15) is 0 Å². The van der Waals surface area contributed by atoms with E-state index < -0.39 is 0 Å². The fraction of sp³-hybridized carbons (Fsp3) is 0.357. The smallest absolute Gasteiger partial charge is 0.161 e. The molecule has 0 spiro atoms. The third kappa shape index (κ3) is 2.17. The molecule has 5 heteroatoms. The van der Waals surface area contributed by atoms with Crippen molar-refractivity contribution in [3.05, 3.63) is 30.2 Å². The molecule has 0 atom stereocenters. The summed E-state index contributed by atoms with van der Waals surface area (Å²) in [6.07, 6.45) is 1.87. The summed E-state index contributed by atoms with van der Waals surface area (Å²) in [6, 6.07) is 5.85. The van der Waals surface area contributed by atoms with Crippen LogP contribution >= 0.6 is 0 Å². The van der Waals surface area contributed by atoms with Gasteiger partial charge in [-0.3, -0.25) is 0 Å². The monoisotopic (exact) mass is 259 g/mol. The van der Waals surface area contributed by atoms with Gasteiger partial charge < -0.3 is 19.8 Å². The lowest BCUT2D eigenvalue weighted by molar-refractivity contribution is 0.355. The molecule has 1 aliphatic heterocycles. The summed E-state index contributed by atoms with van der Waals surface area (Å²) >= 11 is 0. The lowest BCUT2D eigenvalue weighted by atomic mass is 10.0. The molecule has 1 saturated heterocycles. The third-order valence-corrected chi connectivity index (χ3v) is 3.46. The zero-order valence-corrected chi connectivity index (χ0v) is 11.1. The Bertz CT molecular complexity index is 576. The number of hydrogen-bond acceptors (Lipinski definition) is 4. The predicted octanol–water partition coefficient (Wildman–Crippen LogP) is 1.78. The van der Waals surface area contributed by atoms with Gasteiger partial charge in [0.15, 0.2) is 11.5 Å². The molecule has 1 aliphatic rings. The molecule has 0 bridgehead atoms. The van der Waals surface area contributed by atoms with Crippen molar-refractivity contribution >= 4 is 0 Å². The van der Waals surface area contributed by atoms with E-state index in [4.69, 9.17) is 9.47 Å². The van der Waals surface area contributed by atoms with E-state index in [1.807, 2.05) is 24.4 Å². The maximum Gasteiger partial charge on any atom is 0.161 e. The largest absolute Gasteiger partial charge is 0.493 e. The van der Waals surface area contributed by atoms with E-state index in [1.54, 1.807) is 14.2 Å². The van der Waals surface area contributed by atoms with E-state index in [2.05, 4.69) is 15.3 Å². The van der Waals surface area contributed by atoms with Gasteiger partial charge in [0.1, 0.15) is 5.82 Å². The molecule has 100 valence electrons. The van der Waals surface area contributed by atoms with E-state index in [0.29, 0.717) is 5.92 Å². The van der Waals surface area contributed by atoms with Crippen molar-refractivity contribution in [1.82, 2.24) is 15.3 Å². The molecule has 0 unspecified atom stereocenters. The van der Waals surface area contributed by atoms with E-state index in [-0.39, 0.29) is 0 Å². The van der Waals surface area contributed by atoms with Crippen LogP contribution in [0.1, 0.15) is 11.7 Å². The van der Waals surface area contributed by atoms with Crippen LogP contribution in [-0.4, -0.2) is 37.3 Å². The molecule has 2 aromatic rings. The van der Waals surface area contributed by atoms with Crippen molar-refractivity contribution in [3.8, 4) is 22.8 Å². The zero-order valence-electron chi connectivity index (χ0n) is 11.1. The van der Waals surface area contributed by atoms with Gasteiger partial charge in [0.05, 0.1) is 26.1 Å². The number of nitrogens with zero attached hydrogens (tertiary/aromatic N) is 1. The molecule has 2 heterocycles. The van der Waals surface area contributed by atoms with Gasteiger partial charge in [-0.05, 0) is 18.2 Å². The fourth-order valence-electron chi connectivity index (χ4n) is 2.18. The minimum absolute atomic E-state index is 0.508. The van der Waals surface area contributed by atoms with Crippen molar-refractivity contribution in [2.45, 2.75) is 5.92 Å². The van der Waals surface area contributed by atoms with Crippen molar-refractivity contribution in [2.75, 3.05) is 27.3 Å². The first kappa shape index (κ1) is 12.0. The average molecular weight is 259 g/mol. The lowest BCUT2D eigenvalue weighted by Crippen LogP contribution is -2.40. The topological polar surface area (TPSA) is 59.2 Å². The minimum atomic E-state index is 0.508. The quantitative estimate of drug-likeness (QED) is 0.878.